The zero-order chi connectivity index (χ0) is 10.3. The second-order valence-corrected chi connectivity index (χ2v) is 3.10. The number of nitrogens with one attached hydrogen (secondary N) is 1. The van der Waals surface area contributed by atoms with E-state index >= 15 is 0 Å². The Morgan fingerprint density at radius 1 is 1.46 bits per heavy atom. The molecular weight excluding hydrogens is 256 g/mol. The summed E-state index contributed by atoms with van der Waals surface area (Å²) < 4.78 is 17.6. The summed E-state index contributed by atoms with van der Waals surface area (Å²) in [6, 6.07) is 5.71. The lowest BCUT2D eigenvalue weighted by atomic mass is 10.3. The number of hydrogen-bond acceptors (Lipinski definition) is 4. The summed E-state index contributed by atoms with van der Waals surface area (Å²) in [5.41, 5.74) is 7.34. The molecule has 0 radical (unpaired) electrons. The van der Waals surface area contributed by atoms with E-state index in [-0.39, 0.29) is 0 Å². The minimum Gasteiger partial charge on any atom is -0.397 e. The fourth-order valence-electron chi connectivity index (χ4n) is 0.745. The number of anilines is 2. The lowest BCUT2D eigenvalue weighted by Gasteiger charge is -2.03. The second-order valence-electron chi connectivity index (χ2n) is 2.05. The van der Waals surface area contributed by atoms with Gasteiger partial charge in [-0.05, 0) is 18.2 Å². The molecule has 13 heavy (non-hydrogen) atoms. The van der Waals surface area contributed by atoms with Crippen LogP contribution in [0, 0.1) is 0 Å². The van der Waals surface area contributed by atoms with Crippen LogP contribution in [0.1, 0.15) is 0 Å². The second kappa shape index (κ2) is 6.62. The maximum Gasteiger partial charge on any atom is 0.335 e. The van der Waals surface area contributed by atoms with Crippen LogP contribution >= 0.6 is 15.9 Å². The summed E-state index contributed by atoms with van der Waals surface area (Å²) in [5.74, 6) is 0. The molecule has 1 aromatic carbocycles. The molecular formula is C7H9BrN2O2S. The van der Waals surface area contributed by atoms with Gasteiger partial charge >= 0.3 is 11.6 Å². The van der Waals surface area contributed by atoms with Crippen molar-refractivity contribution in [3.63, 3.8) is 0 Å². The fraction of sp³-hybridized carbons (Fsp3) is 0.143. The highest BCUT2D eigenvalue weighted by Gasteiger charge is 1.94. The van der Waals surface area contributed by atoms with Crippen LogP contribution in [0.2, 0.25) is 0 Å². The Morgan fingerprint density at radius 3 is 2.38 bits per heavy atom. The van der Waals surface area contributed by atoms with Crippen LogP contribution in [0.5, 0.6) is 0 Å². The molecule has 0 bridgehead atoms. The van der Waals surface area contributed by atoms with E-state index in [4.69, 9.17) is 14.2 Å². The molecule has 0 fully saturated rings. The van der Waals surface area contributed by atoms with Crippen molar-refractivity contribution in [2.45, 2.75) is 0 Å². The Morgan fingerprint density at radius 2 is 2.00 bits per heavy atom. The molecule has 0 unspecified atom stereocenters. The molecule has 1 aromatic rings. The SMILES string of the molecule is CNc1cc(Br)ccc1N.O=S=O. The number of halogens is 1. The Balaban J connectivity index is 0.000000424. The predicted octanol–water partition coefficient (Wildman–Crippen LogP) is 1.40. The van der Waals surface area contributed by atoms with Gasteiger partial charge in [0.05, 0.1) is 11.4 Å². The van der Waals surface area contributed by atoms with Crippen LogP contribution in [0.15, 0.2) is 22.7 Å². The van der Waals surface area contributed by atoms with Gasteiger partial charge in [0, 0.05) is 11.5 Å². The Hall–Kier alpha value is -0.880. The Kier molecular flexibility index (Phi) is 6.17. The van der Waals surface area contributed by atoms with Crippen molar-refractivity contribution in [2.24, 2.45) is 0 Å². The van der Waals surface area contributed by atoms with Gasteiger partial charge in [-0.2, -0.15) is 8.42 Å². The van der Waals surface area contributed by atoms with E-state index in [0.717, 1.165) is 15.8 Å². The maximum absolute atomic E-state index is 8.29. The van der Waals surface area contributed by atoms with Crippen molar-refractivity contribution in [1.29, 1.82) is 0 Å². The number of nitrogens with two attached hydrogens (primary N) is 1. The van der Waals surface area contributed by atoms with Crippen molar-refractivity contribution in [3.8, 4) is 0 Å². The van der Waals surface area contributed by atoms with Crippen molar-refractivity contribution in [1.82, 2.24) is 0 Å². The van der Waals surface area contributed by atoms with Crippen molar-refractivity contribution in [2.75, 3.05) is 18.1 Å². The van der Waals surface area contributed by atoms with Gasteiger partial charge in [0.2, 0.25) is 0 Å². The van der Waals surface area contributed by atoms with E-state index < -0.39 is 11.6 Å². The monoisotopic (exact) mass is 264 g/mol. The summed E-state index contributed by atoms with van der Waals surface area (Å²) in [7, 11) is 1.85. The van der Waals surface area contributed by atoms with Gasteiger partial charge in [-0.15, -0.1) is 0 Å². The molecule has 1 rings (SSSR count). The van der Waals surface area contributed by atoms with Gasteiger partial charge < -0.3 is 11.1 Å². The number of benzene rings is 1. The molecule has 0 saturated carbocycles. The summed E-state index contributed by atoms with van der Waals surface area (Å²) in [4.78, 5) is 0. The molecule has 3 N–H and O–H groups in total. The van der Waals surface area contributed by atoms with Gasteiger partial charge in [-0.3, -0.25) is 0 Å². The van der Waals surface area contributed by atoms with Gasteiger partial charge in [-0.1, -0.05) is 15.9 Å². The van der Waals surface area contributed by atoms with Crippen molar-refractivity contribution in [3.05, 3.63) is 22.7 Å². The molecule has 0 spiro atoms. The highest BCUT2D eigenvalue weighted by atomic mass is 79.9. The normalized spacial score (nSPS) is 8.15. The van der Waals surface area contributed by atoms with Crippen LogP contribution in [-0.2, 0) is 11.6 Å². The third kappa shape index (κ3) is 4.64. The summed E-state index contributed by atoms with van der Waals surface area (Å²) in [5, 5.41) is 2.98. The maximum atomic E-state index is 8.29. The van der Waals surface area contributed by atoms with E-state index in [2.05, 4.69) is 21.2 Å². The number of rotatable bonds is 1. The summed E-state index contributed by atoms with van der Waals surface area (Å²) in [6.45, 7) is 0. The zero-order valence-corrected chi connectivity index (χ0v) is 9.31. The van der Waals surface area contributed by atoms with Crippen molar-refractivity contribution < 1.29 is 8.42 Å². The largest absolute Gasteiger partial charge is 0.397 e. The Bertz CT molecular complexity index is 313. The molecule has 0 aromatic heterocycles. The lowest BCUT2D eigenvalue weighted by molar-refractivity contribution is 0.630. The van der Waals surface area contributed by atoms with E-state index in [1.165, 1.54) is 0 Å². The van der Waals surface area contributed by atoms with Gasteiger partial charge in [0.15, 0.2) is 0 Å². The highest BCUT2D eigenvalue weighted by molar-refractivity contribution is 9.10. The van der Waals surface area contributed by atoms with E-state index in [1.54, 1.807) is 0 Å². The molecule has 0 aliphatic carbocycles. The minimum atomic E-state index is -0.750. The zero-order valence-electron chi connectivity index (χ0n) is 6.91. The number of nitrogen functional groups attached to an aromatic ring is 1. The smallest absolute Gasteiger partial charge is 0.335 e. The summed E-state index contributed by atoms with van der Waals surface area (Å²) in [6.07, 6.45) is 0. The average molecular weight is 265 g/mol. The topological polar surface area (TPSA) is 72.2 Å². The first-order chi connectivity index (χ1) is 6.15. The fourth-order valence-corrected chi connectivity index (χ4v) is 1.11. The van der Waals surface area contributed by atoms with Crippen LogP contribution in [0.4, 0.5) is 11.4 Å². The third-order valence-electron chi connectivity index (χ3n) is 1.28. The molecule has 0 amide bonds. The van der Waals surface area contributed by atoms with Crippen LogP contribution in [0.3, 0.4) is 0 Å². The molecule has 0 saturated heterocycles. The van der Waals surface area contributed by atoms with Crippen LogP contribution in [0.25, 0.3) is 0 Å². The molecule has 0 heterocycles. The average Bonchev–Trinajstić information content (AvgIpc) is 2.10. The van der Waals surface area contributed by atoms with Crippen LogP contribution in [-0.4, -0.2) is 15.5 Å². The molecule has 0 atom stereocenters. The molecule has 6 heteroatoms. The lowest BCUT2D eigenvalue weighted by Crippen LogP contribution is -1.94. The van der Waals surface area contributed by atoms with Gasteiger partial charge in [0.25, 0.3) is 0 Å². The van der Waals surface area contributed by atoms with E-state index in [0.29, 0.717) is 0 Å². The van der Waals surface area contributed by atoms with Gasteiger partial charge in [-0.25, -0.2) is 0 Å². The highest BCUT2D eigenvalue weighted by Crippen LogP contribution is 2.22. The van der Waals surface area contributed by atoms with E-state index in [1.807, 2.05) is 25.2 Å². The first-order valence-corrected chi connectivity index (χ1v) is 4.76. The van der Waals surface area contributed by atoms with Gasteiger partial charge in [0.1, 0.15) is 0 Å². The van der Waals surface area contributed by atoms with Crippen molar-refractivity contribution >= 4 is 38.9 Å². The summed E-state index contributed by atoms with van der Waals surface area (Å²) >= 11 is 2.59. The first-order valence-electron chi connectivity index (χ1n) is 3.30. The molecule has 72 valence electrons. The predicted molar refractivity (Wildman–Crippen MR) is 57.0 cm³/mol. The van der Waals surface area contributed by atoms with Crippen LogP contribution < -0.4 is 11.1 Å². The molecule has 4 nitrogen and oxygen atoms in total. The molecule has 0 aliphatic rings. The quantitative estimate of drug-likeness (QED) is 0.753. The minimum absolute atomic E-state index is 0.750. The first kappa shape index (κ1) is 12.1. The standard InChI is InChI=1S/C7H9BrN2.O2S/c1-10-7-4-5(8)2-3-6(7)9;1-3-2/h2-4,10H,9H2,1H3;. The number of hydrogen-bond donors (Lipinski definition) is 2. The third-order valence-corrected chi connectivity index (χ3v) is 1.78. The van der Waals surface area contributed by atoms with E-state index in [9.17, 15) is 0 Å². The molecule has 0 aliphatic heterocycles. The Labute approximate surface area is 88.2 Å².